The Balaban J connectivity index is 1.58. The molecule has 1 saturated heterocycles. The summed E-state index contributed by atoms with van der Waals surface area (Å²) in [4.78, 5) is 21.3. The van der Waals surface area contributed by atoms with Crippen LogP contribution in [0.15, 0.2) is 30.5 Å². The van der Waals surface area contributed by atoms with Crippen LogP contribution in [0.25, 0.3) is 0 Å². The average Bonchev–Trinajstić information content (AvgIpc) is 3.16. The molecule has 116 valence electrons. The van der Waals surface area contributed by atoms with Crippen molar-refractivity contribution in [3.8, 4) is 0 Å². The second kappa shape index (κ2) is 6.32. The fraction of sp³-hybridized carbons (Fsp3) is 0.412. The maximum atomic E-state index is 12.3. The van der Waals surface area contributed by atoms with Crippen molar-refractivity contribution in [3.05, 3.63) is 53.1 Å². The molecule has 0 aliphatic carbocycles. The van der Waals surface area contributed by atoms with Gasteiger partial charge in [-0.1, -0.05) is 24.3 Å². The molecule has 2 heterocycles. The molecule has 1 amide bonds. The first-order chi connectivity index (χ1) is 10.7. The van der Waals surface area contributed by atoms with Crippen LogP contribution in [0.4, 0.5) is 0 Å². The van der Waals surface area contributed by atoms with Gasteiger partial charge in [0.25, 0.3) is 5.91 Å². The van der Waals surface area contributed by atoms with Crippen LogP contribution in [0.3, 0.4) is 0 Å². The summed E-state index contributed by atoms with van der Waals surface area (Å²) in [6.07, 6.45) is 3.67. The third kappa shape index (κ3) is 3.20. The highest BCUT2D eigenvalue weighted by molar-refractivity contribution is 5.90. The van der Waals surface area contributed by atoms with Crippen LogP contribution in [-0.4, -0.2) is 39.0 Å². The van der Waals surface area contributed by atoms with E-state index in [9.17, 15) is 4.79 Å². The lowest BCUT2D eigenvalue weighted by atomic mass is 9.98. The van der Waals surface area contributed by atoms with Gasteiger partial charge in [0.2, 0.25) is 0 Å². The molecule has 0 bridgehead atoms. The zero-order valence-electron chi connectivity index (χ0n) is 12.7. The number of imidazole rings is 1. The summed E-state index contributed by atoms with van der Waals surface area (Å²) in [6, 6.07) is 8.04. The van der Waals surface area contributed by atoms with Crippen LogP contribution >= 0.6 is 0 Å². The minimum absolute atomic E-state index is 0.00812. The van der Waals surface area contributed by atoms with Gasteiger partial charge in [-0.15, -0.1) is 0 Å². The topological polar surface area (TPSA) is 69.2 Å². The molecule has 0 saturated carbocycles. The molecule has 0 radical (unpaired) electrons. The highest BCUT2D eigenvalue weighted by Gasteiger charge is 2.28. The van der Waals surface area contributed by atoms with Crippen molar-refractivity contribution in [1.82, 2.24) is 14.9 Å². The van der Waals surface area contributed by atoms with E-state index in [4.69, 9.17) is 5.11 Å². The van der Waals surface area contributed by atoms with E-state index in [1.807, 2.05) is 24.0 Å². The van der Waals surface area contributed by atoms with E-state index < -0.39 is 0 Å². The van der Waals surface area contributed by atoms with Gasteiger partial charge in [-0.3, -0.25) is 4.79 Å². The predicted octanol–water partition coefficient (Wildman–Crippen LogP) is 1.92. The van der Waals surface area contributed by atoms with Gasteiger partial charge in [-0.05, 0) is 36.8 Å². The number of rotatable bonds is 4. The zero-order chi connectivity index (χ0) is 15.5. The molecule has 3 rings (SSSR count). The van der Waals surface area contributed by atoms with Gasteiger partial charge in [-0.2, -0.15) is 0 Å². The molecule has 22 heavy (non-hydrogen) atoms. The first-order valence-electron chi connectivity index (χ1n) is 7.65. The number of aromatic amines is 1. The Morgan fingerprint density at radius 2 is 2.09 bits per heavy atom. The molecule has 2 N–H and O–H groups in total. The van der Waals surface area contributed by atoms with Gasteiger partial charge < -0.3 is 15.0 Å². The Kier molecular flexibility index (Phi) is 4.24. The Labute approximate surface area is 130 Å². The summed E-state index contributed by atoms with van der Waals surface area (Å²) >= 11 is 0. The smallest absolute Gasteiger partial charge is 0.289 e. The van der Waals surface area contributed by atoms with Crippen LogP contribution in [0.5, 0.6) is 0 Å². The number of likely N-dealkylation sites (tertiary alicyclic amines) is 1. The van der Waals surface area contributed by atoms with E-state index >= 15 is 0 Å². The van der Waals surface area contributed by atoms with Crippen LogP contribution in [0.1, 0.15) is 33.9 Å². The lowest BCUT2D eigenvalue weighted by molar-refractivity contribution is 0.0776. The summed E-state index contributed by atoms with van der Waals surface area (Å²) in [5, 5.41) is 9.07. The van der Waals surface area contributed by atoms with E-state index in [1.54, 1.807) is 6.20 Å². The van der Waals surface area contributed by atoms with Gasteiger partial charge in [-0.25, -0.2) is 4.98 Å². The van der Waals surface area contributed by atoms with Crippen molar-refractivity contribution < 1.29 is 9.90 Å². The number of aliphatic hydroxyl groups excluding tert-OH is 1. The summed E-state index contributed by atoms with van der Waals surface area (Å²) in [5.74, 6) is 0.914. The second-order valence-electron chi connectivity index (χ2n) is 6.00. The molecule has 5 heteroatoms. The van der Waals surface area contributed by atoms with E-state index in [2.05, 4.69) is 22.1 Å². The SMILES string of the molecule is Cc1cnc(C(=O)N2CC[C@@H](Cc3ccc(CO)cc3)C2)[nH]1. The van der Waals surface area contributed by atoms with Crippen molar-refractivity contribution >= 4 is 5.91 Å². The summed E-state index contributed by atoms with van der Waals surface area (Å²) in [7, 11) is 0. The number of H-pyrrole nitrogens is 1. The minimum Gasteiger partial charge on any atom is -0.392 e. The number of hydrogen-bond donors (Lipinski definition) is 2. The second-order valence-corrected chi connectivity index (χ2v) is 6.00. The number of benzene rings is 1. The molecule has 1 atom stereocenters. The standard InChI is InChI=1S/C17H21N3O2/c1-12-9-18-16(19-12)17(22)20-7-6-15(10-20)8-13-2-4-14(11-21)5-3-13/h2-5,9,15,21H,6-8,10-11H2,1H3,(H,18,19)/t15-/m0/s1. The first kappa shape index (κ1) is 14.8. The monoisotopic (exact) mass is 299 g/mol. The predicted molar refractivity (Wildman–Crippen MR) is 83.4 cm³/mol. The summed E-state index contributed by atoms with van der Waals surface area (Å²) in [6.45, 7) is 3.54. The van der Waals surface area contributed by atoms with Gasteiger partial charge in [0.05, 0.1) is 6.61 Å². The minimum atomic E-state index is -0.00812. The zero-order valence-corrected chi connectivity index (χ0v) is 12.7. The van der Waals surface area contributed by atoms with E-state index in [-0.39, 0.29) is 12.5 Å². The van der Waals surface area contributed by atoms with Crippen molar-refractivity contribution in [2.45, 2.75) is 26.4 Å². The third-order valence-corrected chi connectivity index (χ3v) is 4.21. The number of nitrogens with one attached hydrogen (secondary N) is 1. The number of aliphatic hydroxyl groups is 1. The van der Waals surface area contributed by atoms with Crippen molar-refractivity contribution in [2.75, 3.05) is 13.1 Å². The van der Waals surface area contributed by atoms with E-state index in [0.29, 0.717) is 11.7 Å². The first-order valence-corrected chi connectivity index (χ1v) is 7.65. The quantitative estimate of drug-likeness (QED) is 0.906. The van der Waals surface area contributed by atoms with Crippen LogP contribution in [-0.2, 0) is 13.0 Å². The fourth-order valence-corrected chi connectivity index (χ4v) is 2.97. The largest absolute Gasteiger partial charge is 0.392 e. The molecule has 0 unspecified atom stereocenters. The van der Waals surface area contributed by atoms with Gasteiger partial charge in [0.1, 0.15) is 0 Å². The summed E-state index contributed by atoms with van der Waals surface area (Å²) < 4.78 is 0. The summed E-state index contributed by atoms with van der Waals surface area (Å²) in [5.41, 5.74) is 3.09. The molecule has 1 aromatic heterocycles. The average molecular weight is 299 g/mol. The van der Waals surface area contributed by atoms with Crippen molar-refractivity contribution in [1.29, 1.82) is 0 Å². The maximum Gasteiger partial charge on any atom is 0.289 e. The number of aromatic nitrogens is 2. The molecule has 1 aromatic carbocycles. The molecular formula is C17H21N3O2. The highest BCUT2D eigenvalue weighted by Crippen LogP contribution is 2.22. The van der Waals surface area contributed by atoms with Crippen LogP contribution < -0.4 is 0 Å². The number of amides is 1. The Morgan fingerprint density at radius 1 is 1.36 bits per heavy atom. The Hall–Kier alpha value is -2.14. The van der Waals surface area contributed by atoms with E-state index in [1.165, 1.54) is 5.56 Å². The van der Waals surface area contributed by atoms with Crippen LogP contribution in [0, 0.1) is 12.8 Å². The molecule has 0 spiro atoms. The highest BCUT2D eigenvalue weighted by atomic mass is 16.3. The van der Waals surface area contributed by atoms with Crippen molar-refractivity contribution in [3.63, 3.8) is 0 Å². The van der Waals surface area contributed by atoms with E-state index in [0.717, 1.165) is 37.2 Å². The van der Waals surface area contributed by atoms with Gasteiger partial charge in [0, 0.05) is 25.0 Å². The lowest BCUT2D eigenvalue weighted by Crippen LogP contribution is -2.29. The van der Waals surface area contributed by atoms with Crippen LogP contribution in [0.2, 0.25) is 0 Å². The number of carbonyl (C=O) groups excluding carboxylic acids is 1. The number of carbonyl (C=O) groups is 1. The van der Waals surface area contributed by atoms with Crippen molar-refractivity contribution in [2.24, 2.45) is 5.92 Å². The van der Waals surface area contributed by atoms with Gasteiger partial charge in [0.15, 0.2) is 5.82 Å². The molecule has 1 aliphatic rings. The molecule has 1 aliphatic heterocycles. The number of hydrogen-bond acceptors (Lipinski definition) is 3. The molecule has 2 aromatic rings. The number of aryl methyl sites for hydroxylation is 1. The molecule has 1 fully saturated rings. The maximum absolute atomic E-state index is 12.3. The third-order valence-electron chi connectivity index (χ3n) is 4.21. The Morgan fingerprint density at radius 3 is 2.73 bits per heavy atom. The number of nitrogens with zero attached hydrogens (tertiary/aromatic N) is 2. The Bertz CT molecular complexity index is 648. The normalized spacial score (nSPS) is 17.9. The fourth-order valence-electron chi connectivity index (χ4n) is 2.97. The molecular weight excluding hydrogens is 278 g/mol. The molecule has 5 nitrogen and oxygen atoms in total. The lowest BCUT2D eigenvalue weighted by Gasteiger charge is -2.15. The van der Waals surface area contributed by atoms with Gasteiger partial charge >= 0.3 is 0 Å².